The number of aromatic nitrogens is 2. The molecule has 3 rings (SSSR count). The van der Waals surface area contributed by atoms with E-state index in [2.05, 4.69) is 14.7 Å². The molecule has 0 saturated carbocycles. The number of halogens is 1. The highest BCUT2D eigenvalue weighted by molar-refractivity contribution is 7.87. The van der Waals surface area contributed by atoms with E-state index < -0.39 is 16.2 Å². The molecule has 0 atom stereocenters. The van der Waals surface area contributed by atoms with Gasteiger partial charge in [0.2, 0.25) is 0 Å². The highest BCUT2D eigenvalue weighted by Gasteiger charge is 2.11. The van der Waals surface area contributed by atoms with Gasteiger partial charge in [0.1, 0.15) is 5.82 Å². The lowest BCUT2D eigenvalue weighted by Gasteiger charge is -2.03. The van der Waals surface area contributed by atoms with Crippen molar-refractivity contribution >= 4 is 16.2 Å². The molecule has 0 radical (unpaired) electrons. The van der Waals surface area contributed by atoms with E-state index in [1.54, 1.807) is 19.1 Å². The Bertz CT molecular complexity index is 1150. The predicted octanol–water partition coefficient (Wildman–Crippen LogP) is 2.58. The van der Waals surface area contributed by atoms with Crippen molar-refractivity contribution in [3.8, 4) is 11.4 Å². The zero-order valence-electron chi connectivity index (χ0n) is 16.3. The number of nitrogens with zero attached hydrogens (tertiary/aromatic N) is 2. The maximum Gasteiger partial charge on any atom is 0.339 e. The van der Waals surface area contributed by atoms with E-state index in [-0.39, 0.29) is 17.9 Å². The van der Waals surface area contributed by atoms with Gasteiger partial charge in [-0.3, -0.25) is 0 Å². The Morgan fingerprint density at radius 1 is 1.17 bits per heavy atom. The van der Waals surface area contributed by atoms with Gasteiger partial charge < -0.3 is 5.11 Å². The van der Waals surface area contributed by atoms with E-state index in [4.69, 9.17) is 10.2 Å². The molecule has 0 amide bonds. The third kappa shape index (κ3) is 7.32. The number of carboxylic acid groups (broad SMARTS) is 1. The maximum absolute atomic E-state index is 13.0. The van der Waals surface area contributed by atoms with Crippen molar-refractivity contribution in [1.82, 2.24) is 14.7 Å². The van der Waals surface area contributed by atoms with Gasteiger partial charge in [-0.15, -0.1) is 0 Å². The van der Waals surface area contributed by atoms with E-state index in [9.17, 15) is 17.6 Å². The fourth-order valence-electron chi connectivity index (χ4n) is 2.45. The third-order valence-electron chi connectivity index (χ3n) is 3.85. The van der Waals surface area contributed by atoms with Crippen LogP contribution in [0.25, 0.3) is 11.4 Å². The molecule has 158 valence electrons. The number of carbonyl (C=O) groups is 1. The van der Waals surface area contributed by atoms with Crippen molar-refractivity contribution in [2.45, 2.75) is 20.4 Å². The first kappa shape index (κ1) is 23.1. The van der Waals surface area contributed by atoms with E-state index in [0.29, 0.717) is 17.1 Å². The van der Waals surface area contributed by atoms with Gasteiger partial charge in [-0.1, -0.05) is 42.0 Å². The van der Waals surface area contributed by atoms with Crippen LogP contribution < -0.4 is 9.86 Å². The van der Waals surface area contributed by atoms with E-state index in [1.807, 2.05) is 31.2 Å². The molecular formula is C20H21FN4O4S. The molecule has 0 aliphatic rings. The molecule has 4 N–H and O–H groups in total. The van der Waals surface area contributed by atoms with Gasteiger partial charge in [0.15, 0.2) is 5.82 Å². The number of rotatable bonds is 5. The first-order valence-electron chi connectivity index (χ1n) is 8.71. The Labute approximate surface area is 173 Å². The molecule has 0 unspecified atom stereocenters. The van der Waals surface area contributed by atoms with Crippen molar-refractivity contribution in [2.24, 2.45) is 5.14 Å². The normalized spacial score (nSPS) is 10.8. The fourth-order valence-corrected chi connectivity index (χ4v) is 2.82. The van der Waals surface area contributed by atoms with Crippen LogP contribution in [0.2, 0.25) is 0 Å². The van der Waals surface area contributed by atoms with Crippen LogP contribution in [-0.2, 0) is 16.8 Å². The second-order valence-corrected chi connectivity index (χ2v) is 7.74. The van der Waals surface area contributed by atoms with Crippen LogP contribution in [-0.4, -0.2) is 29.5 Å². The number of benzene rings is 2. The lowest BCUT2D eigenvalue weighted by molar-refractivity contribution is 0.0695. The summed E-state index contributed by atoms with van der Waals surface area (Å²) in [6.07, 6.45) is 1.23. The average Bonchev–Trinajstić information content (AvgIpc) is 2.66. The number of aromatic carboxylic acids is 1. The Hall–Kier alpha value is -3.21. The van der Waals surface area contributed by atoms with Crippen molar-refractivity contribution in [2.75, 3.05) is 0 Å². The van der Waals surface area contributed by atoms with Gasteiger partial charge in [0.05, 0.1) is 11.3 Å². The van der Waals surface area contributed by atoms with Crippen molar-refractivity contribution in [3.05, 3.63) is 82.9 Å². The van der Waals surface area contributed by atoms with Gasteiger partial charge in [-0.2, -0.15) is 13.1 Å². The summed E-state index contributed by atoms with van der Waals surface area (Å²) in [6.45, 7) is 3.76. The fraction of sp³-hybridized carbons (Fsp3) is 0.150. The molecule has 3 aromatic rings. The molecule has 1 heterocycles. The van der Waals surface area contributed by atoms with Crippen molar-refractivity contribution in [3.63, 3.8) is 0 Å². The topological polar surface area (TPSA) is 135 Å². The molecule has 0 aliphatic carbocycles. The summed E-state index contributed by atoms with van der Waals surface area (Å²) < 4.78 is 36.3. The maximum atomic E-state index is 13.0. The SMILES string of the molecule is Cc1cccc(CNS(N)(=O)=O)c1.Cc1nc(-c2cccc(F)c2)ncc1C(=O)O. The minimum Gasteiger partial charge on any atom is -0.478 e. The standard InChI is InChI=1S/C12H9FN2O2.C8H12N2O2S/c1-7-10(12(16)17)6-14-11(15-7)8-3-2-4-9(13)5-8;1-7-3-2-4-8(5-7)6-10-13(9,11)12/h2-6H,1H3,(H,16,17);2-5,10H,6H2,1H3,(H2,9,11,12). The molecule has 30 heavy (non-hydrogen) atoms. The quantitative estimate of drug-likeness (QED) is 0.567. The largest absolute Gasteiger partial charge is 0.478 e. The smallest absolute Gasteiger partial charge is 0.339 e. The lowest BCUT2D eigenvalue weighted by atomic mass is 10.1. The molecule has 0 fully saturated rings. The summed E-state index contributed by atoms with van der Waals surface area (Å²) in [4.78, 5) is 18.7. The minimum absolute atomic E-state index is 0.0464. The van der Waals surface area contributed by atoms with Crippen LogP contribution in [0.15, 0.2) is 54.7 Å². The van der Waals surface area contributed by atoms with Crippen LogP contribution in [0.1, 0.15) is 27.2 Å². The third-order valence-corrected chi connectivity index (χ3v) is 4.40. The second kappa shape index (κ2) is 10.0. The van der Waals surface area contributed by atoms with Gasteiger partial charge in [0, 0.05) is 18.3 Å². The number of aryl methyl sites for hydroxylation is 2. The highest BCUT2D eigenvalue weighted by Crippen LogP contribution is 2.17. The van der Waals surface area contributed by atoms with Crippen molar-refractivity contribution < 1.29 is 22.7 Å². The first-order valence-corrected chi connectivity index (χ1v) is 10.3. The van der Waals surface area contributed by atoms with Crippen LogP contribution in [0.5, 0.6) is 0 Å². The monoisotopic (exact) mass is 432 g/mol. The van der Waals surface area contributed by atoms with E-state index >= 15 is 0 Å². The highest BCUT2D eigenvalue weighted by atomic mass is 32.2. The zero-order chi connectivity index (χ0) is 22.3. The molecule has 10 heteroatoms. The van der Waals surface area contributed by atoms with Crippen LogP contribution in [0, 0.1) is 19.7 Å². The summed E-state index contributed by atoms with van der Waals surface area (Å²) in [7, 11) is -3.59. The molecule has 8 nitrogen and oxygen atoms in total. The molecule has 0 saturated heterocycles. The number of nitrogens with two attached hydrogens (primary N) is 1. The molecular weight excluding hydrogens is 411 g/mol. The first-order chi connectivity index (χ1) is 14.0. The summed E-state index contributed by atoms with van der Waals surface area (Å²) in [5.41, 5.74) is 2.91. The van der Waals surface area contributed by atoms with E-state index in [1.165, 1.54) is 18.3 Å². The summed E-state index contributed by atoms with van der Waals surface area (Å²) in [5.74, 6) is -1.15. The van der Waals surface area contributed by atoms with Crippen LogP contribution in [0.4, 0.5) is 4.39 Å². The minimum atomic E-state index is -3.59. The Kier molecular flexibility index (Phi) is 7.70. The van der Waals surface area contributed by atoms with Gasteiger partial charge in [-0.05, 0) is 31.5 Å². The van der Waals surface area contributed by atoms with Crippen LogP contribution in [0.3, 0.4) is 0 Å². The Balaban J connectivity index is 0.000000222. The molecule has 1 aromatic heterocycles. The van der Waals surface area contributed by atoms with Gasteiger partial charge >= 0.3 is 5.97 Å². The zero-order valence-corrected chi connectivity index (χ0v) is 17.1. The van der Waals surface area contributed by atoms with Gasteiger partial charge in [0.25, 0.3) is 10.2 Å². The molecule has 0 spiro atoms. The second-order valence-electron chi connectivity index (χ2n) is 6.36. The number of hydrogen-bond acceptors (Lipinski definition) is 5. The summed E-state index contributed by atoms with van der Waals surface area (Å²) >= 11 is 0. The predicted molar refractivity (Wildman–Crippen MR) is 110 cm³/mol. The lowest BCUT2D eigenvalue weighted by Crippen LogP contribution is -2.30. The number of hydrogen-bond donors (Lipinski definition) is 3. The van der Waals surface area contributed by atoms with Crippen molar-refractivity contribution in [1.29, 1.82) is 0 Å². The Morgan fingerprint density at radius 3 is 2.43 bits per heavy atom. The van der Waals surface area contributed by atoms with E-state index in [0.717, 1.165) is 11.1 Å². The number of carboxylic acids is 1. The van der Waals surface area contributed by atoms with Crippen LogP contribution >= 0.6 is 0 Å². The molecule has 0 aliphatic heterocycles. The average molecular weight is 432 g/mol. The van der Waals surface area contributed by atoms with Gasteiger partial charge in [-0.25, -0.2) is 24.3 Å². The summed E-state index contributed by atoms with van der Waals surface area (Å²) in [5, 5.41) is 13.6. The number of nitrogens with one attached hydrogen (secondary N) is 1. The Morgan fingerprint density at radius 2 is 1.87 bits per heavy atom. The summed E-state index contributed by atoms with van der Waals surface area (Å²) in [6, 6.07) is 13.4. The molecule has 0 bridgehead atoms. The molecule has 2 aromatic carbocycles.